The summed E-state index contributed by atoms with van der Waals surface area (Å²) in [6, 6.07) is 12.5. The van der Waals surface area contributed by atoms with Gasteiger partial charge in [0.15, 0.2) is 0 Å². The highest BCUT2D eigenvalue weighted by Gasteiger charge is 2.41. The third kappa shape index (κ3) is 6.93. The topological polar surface area (TPSA) is 183 Å². The number of amides is 3. The molecule has 38 heavy (non-hydrogen) atoms. The molecule has 2 atom stereocenters. The number of nitrogens with zero attached hydrogens (tertiary/aromatic N) is 2. The largest absolute Gasteiger partial charge is 0.480 e. The molecule has 0 radical (unpaired) electrons. The fraction of sp³-hybridized carbons (Fsp3) is 0.308. The first-order valence-electron chi connectivity index (χ1n) is 11.8. The minimum Gasteiger partial charge on any atom is -0.480 e. The molecule has 200 valence electrons. The van der Waals surface area contributed by atoms with Crippen LogP contribution in [-0.2, 0) is 30.3 Å². The van der Waals surface area contributed by atoms with E-state index in [9.17, 15) is 24.0 Å². The molecule has 0 saturated carbocycles. The summed E-state index contributed by atoms with van der Waals surface area (Å²) in [5, 5.41) is 19.4. The van der Waals surface area contributed by atoms with Crippen LogP contribution < -0.4 is 11.1 Å². The Bertz CT molecular complexity index is 1220. The number of aliphatic carboxylic acids is 1. The molecular weight excluding hydrogens is 494 g/mol. The molecule has 1 aliphatic rings. The number of amidine groups is 1. The molecule has 2 aromatic carbocycles. The highest BCUT2D eigenvalue weighted by atomic mass is 16.5. The van der Waals surface area contributed by atoms with Crippen molar-refractivity contribution in [3.8, 4) is 0 Å². The maximum Gasteiger partial charge on any atom is 0.323 e. The van der Waals surface area contributed by atoms with Crippen molar-refractivity contribution in [3.63, 3.8) is 0 Å². The van der Waals surface area contributed by atoms with Crippen molar-refractivity contribution in [2.24, 2.45) is 5.73 Å². The number of methoxy groups -OCH3 is 1. The minimum atomic E-state index is -1.28. The predicted octanol–water partition coefficient (Wildman–Crippen LogP) is -0.00113. The highest BCUT2D eigenvalue weighted by molar-refractivity contribution is 6.01. The monoisotopic (exact) mass is 523 g/mol. The van der Waals surface area contributed by atoms with Gasteiger partial charge in [-0.25, -0.2) is 0 Å². The summed E-state index contributed by atoms with van der Waals surface area (Å²) in [6.45, 7) is -0.653. The zero-order valence-electron chi connectivity index (χ0n) is 20.8. The second kappa shape index (κ2) is 12.5. The number of carboxylic acid groups (broad SMARTS) is 1. The summed E-state index contributed by atoms with van der Waals surface area (Å²) in [7, 11) is 1.15. The van der Waals surface area contributed by atoms with E-state index in [1.807, 2.05) is 6.07 Å². The lowest BCUT2D eigenvalue weighted by Crippen LogP contribution is -2.63. The third-order valence-corrected chi connectivity index (χ3v) is 6.12. The molecule has 1 aliphatic heterocycles. The van der Waals surface area contributed by atoms with Crippen LogP contribution >= 0.6 is 0 Å². The molecule has 0 unspecified atom stereocenters. The number of nitrogens with two attached hydrogens (primary N) is 1. The van der Waals surface area contributed by atoms with Crippen LogP contribution in [0.2, 0.25) is 0 Å². The normalized spacial score (nSPS) is 15.9. The van der Waals surface area contributed by atoms with E-state index in [1.54, 1.807) is 24.3 Å². The molecule has 1 fully saturated rings. The van der Waals surface area contributed by atoms with E-state index in [0.29, 0.717) is 5.56 Å². The van der Waals surface area contributed by atoms with Crippen molar-refractivity contribution in [2.75, 3.05) is 26.7 Å². The van der Waals surface area contributed by atoms with Gasteiger partial charge in [0.25, 0.3) is 5.91 Å². The van der Waals surface area contributed by atoms with Gasteiger partial charge in [0, 0.05) is 30.6 Å². The average Bonchev–Trinajstić information content (AvgIpc) is 2.90. The van der Waals surface area contributed by atoms with Crippen molar-refractivity contribution in [1.29, 1.82) is 5.41 Å². The van der Waals surface area contributed by atoms with Gasteiger partial charge in [0.2, 0.25) is 11.8 Å². The molecule has 0 bridgehead atoms. The van der Waals surface area contributed by atoms with Crippen LogP contribution in [0.25, 0.3) is 0 Å². The number of piperazine rings is 1. The second-order valence-electron chi connectivity index (χ2n) is 8.69. The molecule has 12 nitrogen and oxygen atoms in total. The molecule has 0 spiro atoms. The Labute approximate surface area is 218 Å². The van der Waals surface area contributed by atoms with Gasteiger partial charge >= 0.3 is 11.9 Å². The summed E-state index contributed by atoms with van der Waals surface area (Å²) in [6.07, 6.45) is -0.360. The molecule has 2 aromatic rings. The summed E-state index contributed by atoms with van der Waals surface area (Å²) in [4.78, 5) is 65.5. The van der Waals surface area contributed by atoms with E-state index in [2.05, 4.69) is 5.32 Å². The molecular formula is C26H29N5O7. The average molecular weight is 524 g/mol. The SMILES string of the molecule is COC(=O)C[C@H]1C(=O)N(CC(=O)O)CCN1C(=O)[C@H](Cc1ccccc1)NC(=O)c1ccc(C(=N)N)cc1. The van der Waals surface area contributed by atoms with Crippen LogP contribution in [-0.4, -0.2) is 89.2 Å². The van der Waals surface area contributed by atoms with Crippen molar-refractivity contribution in [1.82, 2.24) is 15.1 Å². The van der Waals surface area contributed by atoms with Crippen molar-refractivity contribution < 1.29 is 33.8 Å². The zero-order valence-corrected chi connectivity index (χ0v) is 20.8. The fourth-order valence-corrected chi connectivity index (χ4v) is 4.15. The van der Waals surface area contributed by atoms with Crippen LogP contribution in [0.1, 0.15) is 27.9 Å². The number of rotatable bonds is 10. The third-order valence-electron chi connectivity index (χ3n) is 6.12. The van der Waals surface area contributed by atoms with Gasteiger partial charge in [0.05, 0.1) is 13.5 Å². The van der Waals surface area contributed by atoms with Crippen LogP contribution in [0.15, 0.2) is 54.6 Å². The van der Waals surface area contributed by atoms with Crippen LogP contribution in [0.5, 0.6) is 0 Å². The van der Waals surface area contributed by atoms with Crippen LogP contribution in [0, 0.1) is 5.41 Å². The van der Waals surface area contributed by atoms with E-state index >= 15 is 0 Å². The van der Waals surface area contributed by atoms with Crippen molar-refractivity contribution in [3.05, 3.63) is 71.3 Å². The van der Waals surface area contributed by atoms with Gasteiger partial charge in [-0.1, -0.05) is 42.5 Å². The Morgan fingerprint density at radius 1 is 1.08 bits per heavy atom. The molecule has 3 rings (SSSR count). The number of esters is 1. The van der Waals surface area contributed by atoms with Crippen molar-refractivity contribution in [2.45, 2.75) is 24.9 Å². The summed E-state index contributed by atoms with van der Waals surface area (Å²) in [5.74, 6) is -3.97. The molecule has 5 N–H and O–H groups in total. The Hall–Kier alpha value is -4.74. The van der Waals surface area contributed by atoms with E-state index < -0.39 is 54.7 Å². The highest BCUT2D eigenvalue weighted by Crippen LogP contribution is 2.19. The molecule has 1 saturated heterocycles. The number of hydrogen-bond acceptors (Lipinski definition) is 7. The molecule has 12 heteroatoms. The summed E-state index contributed by atoms with van der Waals surface area (Å²) >= 11 is 0. The zero-order chi connectivity index (χ0) is 27.8. The first kappa shape index (κ1) is 27.8. The molecule has 0 aliphatic carbocycles. The minimum absolute atomic E-state index is 0.0337. The molecule has 1 heterocycles. The van der Waals surface area contributed by atoms with Crippen LogP contribution in [0.3, 0.4) is 0 Å². The smallest absolute Gasteiger partial charge is 0.323 e. The standard InChI is InChI=1S/C26H29N5O7/c1-38-22(34)14-20-26(37)30(15-21(32)33)11-12-31(20)25(36)19(13-16-5-3-2-4-6-16)29-24(35)18-9-7-17(8-10-18)23(27)28/h2-10,19-20H,11-15H2,1H3,(H3,27,28)(H,29,35)(H,32,33)/t19-,20-/m0/s1. The number of carbonyl (C=O) groups excluding carboxylic acids is 4. The Morgan fingerprint density at radius 3 is 2.29 bits per heavy atom. The predicted molar refractivity (Wildman–Crippen MR) is 135 cm³/mol. The molecule has 3 amide bonds. The Kier molecular flexibility index (Phi) is 9.14. The summed E-state index contributed by atoms with van der Waals surface area (Å²) < 4.78 is 4.69. The lowest BCUT2D eigenvalue weighted by Gasteiger charge is -2.41. The van der Waals surface area contributed by atoms with Gasteiger partial charge in [-0.15, -0.1) is 0 Å². The number of nitrogen functional groups attached to an aromatic ring is 1. The summed E-state index contributed by atoms with van der Waals surface area (Å²) in [5.41, 5.74) is 6.88. The lowest BCUT2D eigenvalue weighted by atomic mass is 10.0. The van der Waals surface area contributed by atoms with Crippen molar-refractivity contribution >= 4 is 35.5 Å². The lowest BCUT2D eigenvalue weighted by molar-refractivity contribution is -0.159. The Morgan fingerprint density at radius 2 is 1.71 bits per heavy atom. The maximum absolute atomic E-state index is 13.8. The quantitative estimate of drug-likeness (QED) is 0.190. The molecule has 0 aromatic heterocycles. The van der Waals surface area contributed by atoms with Gasteiger partial charge < -0.3 is 30.7 Å². The van der Waals surface area contributed by atoms with Crippen LogP contribution in [0.4, 0.5) is 0 Å². The number of ether oxygens (including phenoxy) is 1. The first-order valence-corrected chi connectivity index (χ1v) is 11.8. The van der Waals surface area contributed by atoms with E-state index in [-0.39, 0.29) is 30.9 Å². The van der Waals surface area contributed by atoms with E-state index in [1.165, 1.54) is 29.2 Å². The van der Waals surface area contributed by atoms with Gasteiger partial charge in [-0.05, 0) is 17.7 Å². The second-order valence-corrected chi connectivity index (χ2v) is 8.69. The number of benzene rings is 2. The Balaban J connectivity index is 1.89. The first-order chi connectivity index (χ1) is 18.1. The number of carboxylic acids is 1. The van der Waals surface area contributed by atoms with Gasteiger partial charge in [-0.2, -0.15) is 0 Å². The number of nitrogens with one attached hydrogen (secondary N) is 2. The number of carbonyl (C=O) groups is 5. The fourth-order valence-electron chi connectivity index (χ4n) is 4.15. The maximum atomic E-state index is 13.8. The van der Waals surface area contributed by atoms with Gasteiger partial charge in [0.1, 0.15) is 24.5 Å². The van der Waals surface area contributed by atoms with Gasteiger partial charge in [-0.3, -0.25) is 29.4 Å². The van der Waals surface area contributed by atoms with E-state index in [0.717, 1.165) is 17.6 Å². The number of hydrogen-bond donors (Lipinski definition) is 4. The van der Waals surface area contributed by atoms with E-state index in [4.69, 9.17) is 21.0 Å².